The van der Waals surface area contributed by atoms with E-state index in [4.69, 9.17) is 11.6 Å². The van der Waals surface area contributed by atoms with E-state index < -0.39 is 5.97 Å². The topological polar surface area (TPSA) is 76.6 Å². The molecule has 0 spiro atoms. The zero-order chi connectivity index (χ0) is 19.6. The van der Waals surface area contributed by atoms with Gasteiger partial charge in [0.2, 0.25) is 5.78 Å². The molecule has 0 aliphatic carbocycles. The van der Waals surface area contributed by atoms with E-state index in [1.165, 1.54) is 4.40 Å². The van der Waals surface area contributed by atoms with Gasteiger partial charge in [-0.05, 0) is 25.5 Å². The van der Waals surface area contributed by atoms with Crippen LogP contribution in [0, 0.1) is 6.92 Å². The van der Waals surface area contributed by atoms with Crippen LogP contribution in [0.4, 0.5) is 0 Å². The van der Waals surface area contributed by atoms with E-state index in [1.807, 2.05) is 16.7 Å². The molecule has 27 heavy (non-hydrogen) atoms. The normalized spacial score (nSPS) is 11.2. The van der Waals surface area contributed by atoms with Crippen LogP contribution < -0.4 is 5.56 Å². The second-order valence-corrected chi connectivity index (χ2v) is 7.04. The number of hydrogen-bond acceptors (Lipinski definition) is 3. The van der Waals surface area contributed by atoms with Crippen molar-refractivity contribution in [1.29, 1.82) is 0 Å². The van der Waals surface area contributed by atoms with Crippen LogP contribution in [-0.2, 0) is 17.8 Å². The Morgan fingerprint density at radius 2 is 1.93 bits per heavy atom. The molecule has 0 aliphatic heterocycles. The van der Waals surface area contributed by atoms with Crippen molar-refractivity contribution >= 4 is 23.3 Å². The van der Waals surface area contributed by atoms with Crippen molar-refractivity contribution in [2.24, 2.45) is 0 Å². The van der Waals surface area contributed by atoms with Gasteiger partial charge >= 0.3 is 5.97 Å². The van der Waals surface area contributed by atoms with E-state index in [-0.39, 0.29) is 12.0 Å². The summed E-state index contributed by atoms with van der Waals surface area (Å²) < 4.78 is 3.41. The summed E-state index contributed by atoms with van der Waals surface area (Å²) >= 11 is 5.95. The average Bonchev–Trinajstić information content (AvgIpc) is 3.07. The summed E-state index contributed by atoms with van der Waals surface area (Å²) in [6.45, 7) is 4.60. The number of benzene rings is 1. The summed E-state index contributed by atoms with van der Waals surface area (Å²) in [6, 6.07) is 7.24. The van der Waals surface area contributed by atoms with Crippen molar-refractivity contribution in [3.63, 3.8) is 0 Å². The standard InChI is InChI=1S/C20H22ClN3O3/c1-3-4-5-10-23-13(2)16(11-18(25)26)19(27)24-12-17(22-20(23)24)14-6-8-15(21)9-7-14/h6-9,12H,3-5,10-11H2,1-2H3,(H,25,26). The number of fused-ring (bicyclic) bond motifs is 1. The Kier molecular flexibility index (Phi) is 5.65. The molecule has 0 bridgehead atoms. The maximum Gasteiger partial charge on any atom is 0.308 e. The van der Waals surface area contributed by atoms with Gasteiger partial charge in [-0.2, -0.15) is 0 Å². The number of nitrogens with zero attached hydrogens (tertiary/aromatic N) is 3. The molecule has 3 aromatic rings. The highest BCUT2D eigenvalue weighted by molar-refractivity contribution is 6.30. The number of aromatic nitrogens is 3. The molecule has 142 valence electrons. The Hall–Kier alpha value is -2.60. The number of hydrogen-bond donors (Lipinski definition) is 1. The lowest BCUT2D eigenvalue weighted by Gasteiger charge is -2.15. The van der Waals surface area contributed by atoms with E-state index >= 15 is 0 Å². The second-order valence-electron chi connectivity index (χ2n) is 6.60. The first-order valence-electron chi connectivity index (χ1n) is 9.01. The van der Waals surface area contributed by atoms with E-state index in [9.17, 15) is 14.7 Å². The molecule has 7 heteroatoms. The minimum Gasteiger partial charge on any atom is -0.481 e. The fourth-order valence-corrected chi connectivity index (χ4v) is 3.35. The third-order valence-corrected chi connectivity index (χ3v) is 4.95. The molecule has 0 saturated carbocycles. The first kappa shape index (κ1) is 19.2. The van der Waals surface area contributed by atoms with Gasteiger partial charge in [-0.15, -0.1) is 0 Å². The molecule has 6 nitrogen and oxygen atoms in total. The van der Waals surface area contributed by atoms with Crippen LogP contribution in [0.25, 0.3) is 17.0 Å². The average molecular weight is 388 g/mol. The predicted octanol–water partition coefficient (Wildman–Crippen LogP) is 3.94. The minimum atomic E-state index is -1.02. The molecular formula is C20H22ClN3O3. The van der Waals surface area contributed by atoms with Crippen molar-refractivity contribution in [2.75, 3.05) is 0 Å². The van der Waals surface area contributed by atoms with E-state index in [0.717, 1.165) is 24.8 Å². The highest BCUT2D eigenvalue weighted by atomic mass is 35.5. The summed E-state index contributed by atoms with van der Waals surface area (Å²) in [7, 11) is 0. The van der Waals surface area contributed by atoms with Crippen molar-refractivity contribution < 1.29 is 9.90 Å². The van der Waals surface area contributed by atoms with Gasteiger partial charge in [0.1, 0.15) is 0 Å². The highest BCUT2D eigenvalue weighted by Gasteiger charge is 2.19. The zero-order valence-electron chi connectivity index (χ0n) is 15.4. The molecule has 0 atom stereocenters. The maximum atomic E-state index is 12.9. The molecule has 3 rings (SSSR count). The molecule has 0 amide bonds. The second kappa shape index (κ2) is 7.96. The number of aryl methyl sites for hydroxylation is 1. The Morgan fingerprint density at radius 3 is 2.56 bits per heavy atom. The minimum absolute atomic E-state index is 0.298. The molecule has 1 aromatic carbocycles. The van der Waals surface area contributed by atoms with Gasteiger partial charge in [-0.1, -0.05) is 43.5 Å². The number of rotatable bonds is 7. The quantitative estimate of drug-likeness (QED) is 0.623. The largest absolute Gasteiger partial charge is 0.481 e. The van der Waals surface area contributed by atoms with E-state index in [1.54, 1.807) is 25.3 Å². The molecule has 0 unspecified atom stereocenters. The van der Waals surface area contributed by atoms with Crippen LogP contribution in [0.5, 0.6) is 0 Å². The van der Waals surface area contributed by atoms with Crippen molar-refractivity contribution in [3.8, 4) is 11.3 Å². The summed E-state index contributed by atoms with van der Waals surface area (Å²) in [5.41, 5.74) is 2.13. The van der Waals surface area contributed by atoms with Crippen LogP contribution in [0.3, 0.4) is 0 Å². The lowest BCUT2D eigenvalue weighted by molar-refractivity contribution is -0.136. The van der Waals surface area contributed by atoms with Crippen molar-refractivity contribution in [3.05, 3.63) is 57.1 Å². The molecule has 0 fully saturated rings. The Bertz CT molecular complexity index is 1040. The lowest BCUT2D eigenvalue weighted by Crippen LogP contribution is -2.26. The van der Waals surface area contributed by atoms with E-state index in [2.05, 4.69) is 11.9 Å². The Morgan fingerprint density at radius 1 is 1.22 bits per heavy atom. The summed E-state index contributed by atoms with van der Waals surface area (Å²) in [5.74, 6) is -0.486. The predicted molar refractivity (Wildman–Crippen MR) is 105 cm³/mol. The summed E-state index contributed by atoms with van der Waals surface area (Å²) in [4.78, 5) is 28.8. The fraction of sp³-hybridized carbons (Fsp3) is 0.350. The fourth-order valence-electron chi connectivity index (χ4n) is 3.23. The van der Waals surface area contributed by atoms with Crippen molar-refractivity contribution in [2.45, 2.75) is 46.1 Å². The first-order chi connectivity index (χ1) is 12.9. The lowest BCUT2D eigenvalue weighted by atomic mass is 10.1. The molecule has 0 saturated heterocycles. The van der Waals surface area contributed by atoms with Gasteiger partial charge in [-0.3, -0.25) is 14.0 Å². The molecular weight excluding hydrogens is 366 g/mol. The Balaban J connectivity index is 2.20. The van der Waals surface area contributed by atoms with Crippen LogP contribution in [0.2, 0.25) is 5.02 Å². The molecule has 1 N–H and O–H groups in total. The van der Waals surface area contributed by atoms with E-state index in [0.29, 0.717) is 34.3 Å². The zero-order valence-corrected chi connectivity index (χ0v) is 16.2. The van der Waals surface area contributed by atoms with Gasteiger partial charge in [0.05, 0.1) is 12.1 Å². The smallest absolute Gasteiger partial charge is 0.308 e. The number of unbranched alkanes of at least 4 members (excludes halogenated alkanes) is 2. The number of halogens is 1. The maximum absolute atomic E-state index is 12.9. The third kappa shape index (κ3) is 3.90. The Labute approximate surface area is 162 Å². The van der Waals surface area contributed by atoms with Gasteiger partial charge < -0.3 is 9.67 Å². The first-order valence-corrected chi connectivity index (χ1v) is 9.39. The number of aliphatic carboxylic acids is 1. The molecule has 0 radical (unpaired) electrons. The van der Waals surface area contributed by atoms with Crippen LogP contribution >= 0.6 is 11.6 Å². The van der Waals surface area contributed by atoms with Gasteiger partial charge in [0.15, 0.2) is 0 Å². The van der Waals surface area contributed by atoms with Gasteiger partial charge in [0.25, 0.3) is 5.56 Å². The summed E-state index contributed by atoms with van der Waals surface area (Å²) in [5, 5.41) is 9.84. The van der Waals surface area contributed by atoms with Crippen LogP contribution in [-0.4, -0.2) is 25.0 Å². The number of imidazole rings is 1. The monoisotopic (exact) mass is 387 g/mol. The highest BCUT2D eigenvalue weighted by Crippen LogP contribution is 2.22. The molecule has 2 heterocycles. The van der Waals surface area contributed by atoms with Gasteiger partial charge in [0, 0.05) is 34.6 Å². The number of carbonyl (C=O) groups is 1. The van der Waals surface area contributed by atoms with Crippen molar-refractivity contribution in [1.82, 2.24) is 14.0 Å². The summed E-state index contributed by atoms with van der Waals surface area (Å²) in [6.07, 6.45) is 4.43. The van der Waals surface area contributed by atoms with Crippen LogP contribution in [0.15, 0.2) is 35.3 Å². The molecule has 2 aromatic heterocycles. The van der Waals surface area contributed by atoms with Crippen LogP contribution in [0.1, 0.15) is 37.4 Å². The molecule has 0 aliphatic rings. The number of carboxylic acids is 1. The SMILES string of the molecule is CCCCCn1c(C)c(CC(=O)O)c(=O)n2cc(-c3ccc(Cl)cc3)nc12. The third-order valence-electron chi connectivity index (χ3n) is 4.70. The van der Waals surface area contributed by atoms with Gasteiger partial charge in [-0.25, -0.2) is 4.98 Å². The number of carboxylic acid groups (broad SMARTS) is 1.